The minimum absolute atomic E-state index is 0.0411. The zero-order chi connectivity index (χ0) is 18.9. The number of nitrogens with one attached hydrogen (secondary N) is 1. The highest BCUT2D eigenvalue weighted by molar-refractivity contribution is 7.98. The van der Waals surface area contributed by atoms with Crippen LogP contribution in [0.25, 0.3) is 0 Å². The van der Waals surface area contributed by atoms with Crippen molar-refractivity contribution < 1.29 is 9.53 Å². The van der Waals surface area contributed by atoms with Crippen molar-refractivity contribution in [2.45, 2.75) is 36.6 Å². The number of pyridine rings is 1. The van der Waals surface area contributed by atoms with Crippen molar-refractivity contribution in [1.29, 1.82) is 0 Å². The van der Waals surface area contributed by atoms with Crippen molar-refractivity contribution in [2.75, 3.05) is 31.6 Å². The lowest BCUT2D eigenvalue weighted by Gasteiger charge is -2.31. The Labute approximate surface area is 165 Å². The van der Waals surface area contributed by atoms with Gasteiger partial charge in [-0.2, -0.15) is 0 Å². The first kappa shape index (κ1) is 19.9. The predicted molar refractivity (Wildman–Crippen MR) is 110 cm³/mol. The SMILES string of the molecule is CCOC1CCN(CC(=O)Nc2cccc(CSc3ccccn3)c2)CC1. The van der Waals surface area contributed by atoms with Crippen molar-refractivity contribution in [3.8, 4) is 0 Å². The Morgan fingerprint density at radius 3 is 2.85 bits per heavy atom. The van der Waals surface area contributed by atoms with Crippen molar-refractivity contribution in [2.24, 2.45) is 0 Å². The fourth-order valence-corrected chi connectivity index (χ4v) is 4.01. The molecular formula is C21H27N3O2S. The van der Waals surface area contributed by atoms with Crippen LogP contribution < -0.4 is 5.32 Å². The Kier molecular flexibility index (Phi) is 7.68. The molecule has 6 heteroatoms. The Bertz CT molecular complexity index is 718. The van der Waals surface area contributed by atoms with Crippen LogP contribution >= 0.6 is 11.8 Å². The van der Waals surface area contributed by atoms with Gasteiger partial charge < -0.3 is 10.1 Å². The van der Waals surface area contributed by atoms with E-state index in [-0.39, 0.29) is 5.91 Å². The average Bonchev–Trinajstić information content (AvgIpc) is 2.69. The normalized spacial score (nSPS) is 15.6. The Morgan fingerprint density at radius 1 is 1.26 bits per heavy atom. The summed E-state index contributed by atoms with van der Waals surface area (Å²) in [5.41, 5.74) is 2.02. The smallest absolute Gasteiger partial charge is 0.238 e. The van der Waals surface area contributed by atoms with Gasteiger partial charge in [0.15, 0.2) is 0 Å². The number of piperidine rings is 1. The molecule has 1 aliphatic rings. The summed E-state index contributed by atoms with van der Waals surface area (Å²) >= 11 is 1.69. The van der Waals surface area contributed by atoms with Crippen LogP contribution in [0.15, 0.2) is 53.7 Å². The first-order valence-corrected chi connectivity index (χ1v) is 10.5. The van der Waals surface area contributed by atoms with E-state index in [0.29, 0.717) is 12.6 Å². The third-order valence-corrected chi connectivity index (χ3v) is 5.55. The highest BCUT2D eigenvalue weighted by atomic mass is 32.2. The molecule has 0 radical (unpaired) electrons. The molecule has 5 nitrogen and oxygen atoms in total. The summed E-state index contributed by atoms with van der Waals surface area (Å²) in [5.74, 6) is 0.866. The molecule has 0 saturated carbocycles. The maximum Gasteiger partial charge on any atom is 0.238 e. The fraction of sp³-hybridized carbons (Fsp3) is 0.429. The van der Waals surface area contributed by atoms with Crippen LogP contribution in [0.3, 0.4) is 0 Å². The van der Waals surface area contributed by atoms with E-state index in [2.05, 4.69) is 21.3 Å². The molecule has 1 aromatic carbocycles. The van der Waals surface area contributed by atoms with E-state index < -0.39 is 0 Å². The predicted octanol–water partition coefficient (Wildman–Crippen LogP) is 3.81. The third kappa shape index (κ3) is 6.65. The number of rotatable bonds is 8. The second-order valence-corrected chi connectivity index (χ2v) is 7.63. The summed E-state index contributed by atoms with van der Waals surface area (Å²) in [6.07, 6.45) is 4.15. The van der Waals surface area contributed by atoms with Gasteiger partial charge in [-0.25, -0.2) is 4.98 Å². The second-order valence-electron chi connectivity index (χ2n) is 6.64. The first-order valence-electron chi connectivity index (χ1n) is 9.49. The molecule has 0 unspecified atom stereocenters. The van der Waals surface area contributed by atoms with Crippen LogP contribution in [-0.2, 0) is 15.3 Å². The van der Waals surface area contributed by atoms with Crippen LogP contribution in [0.2, 0.25) is 0 Å². The topological polar surface area (TPSA) is 54.5 Å². The molecule has 0 aliphatic carbocycles. The van der Waals surface area contributed by atoms with Gasteiger partial charge in [0.05, 0.1) is 17.7 Å². The van der Waals surface area contributed by atoms with Crippen molar-refractivity contribution >= 4 is 23.4 Å². The molecule has 1 amide bonds. The number of anilines is 1. The minimum atomic E-state index is 0.0411. The zero-order valence-corrected chi connectivity index (χ0v) is 16.6. The standard InChI is InChI=1S/C21H27N3O2S/c1-2-26-19-9-12-24(13-10-19)15-20(25)23-18-7-5-6-17(14-18)16-27-21-8-3-4-11-22-21/h3-8,11,14,19H,2,9-10,12-13,15-16H2,1H3,(H,23,25). The van der Waals surface area contributed by atoms with E-state index in [1.165, 1.54) is 5.56 Å². The van der Waals surface area contributed by atoms with E-state index in [1.54, 1.807) is 18.0 Å². The van der Waals surface area contributed by atoms with Gasteiger partial charge >= 0.3 is 0 Å². The molecule has 1 N–H and O–H groups in total. The monoisotopic (exact) mass is 385 g/mol. The zero-order valence-electron chi connectivity index (χ0n) is 15.8. The van der Waals surface area contributed by atoms with E-state index in [9.17, 15) is 4.79 Å². The lowest BCUT2D eigenvalue weighted by atomic mass is 10.1. The summed E-state index contributed by atoms with van der Waals surface area (Å²) in [4.78, 5) is 18.9. The summed E-state index contributed by atoms with van der Waals surface area (Å²) < 4.78 is 5.67. The number of thioether (sulfide) groups is 1. The lowest BCUT2D eigenvalue weighted by Crippen LogP contribution is -2.41. The molecular weight excluding hydrogens is 358 g/mol. The second kappa shape index (κ2) is 10.4. The Balaban J connectivity index is 1.45. The molecule has 0 bridgehead atoms. The summed E-state index contributed by atoms with van der Waals surface area (Å²) in [5, 5.41) is 4.03. The quantitative estimate of drug-likeness (QED) is 0.700. The number of benzene rings is 1. The molecule has 0 spiro atoms. The number of nitrogens with zero attached hydrogens (tertiary/aromatic N) is 2. The van der Waals surface area contributed by atoms with Gasteiger partial charge in [0.2, 0.25) is 5.91 Å². The molecule has 3 rings (SSSR count). The highest BCUT2D eigenvalue weighted by Gasteiger charge is 2.20. The number of hydrogen-bond donors (Lipinski definition) is 1. The van der Waals surface area contributed by atoms with Gasteiger partial charge in [0.25, 0.3) is 0 Å². The van der Waals surface area contributed by atoms with Gasteiger partial charge in [-0.1, -0.05) is 18.2 Å². The maximum absolute atomic E-state index is 12.4. The molecule has 1 fully saturated rings. The van der Waals surface area contributed by atoms with Crippen LogP contribution in [0.5, 0.6) is 0 Å². The largest absolute Gasteiger partial charge is 0.378 e. The van der Waals surface area contributed by atoms with Gasteiger partial charge in [0.1, 0.15) is 0 Å². The maximum atomic E-state index is 12.4. The number of amides is 1. The van der Waals surface area contributed by atoms with E-state index >= 15 is 0 Å². The Hall–Kier alpha value is -1.89. The number of carbonyl (C=O) groups is 1. The molecule has 0 atom stereocenters. The number of likely N-dealkylation sites (tertiary alicyclic amines) is 1. The Morgan fingerprint density at radius 2 is 2.11 bits per heavy atom. The van der Waals surface area contributed by atoms with Crippen molar-refractivity contribution in [3.05, 3.63) is 54.2 Å². The van der Waals surface area contributed by atoms with Crippen LogP contribution in [0, 0.1) is 0 Å². The molecule has 1 aromatic heterocycles. The van der Waals surface area contributed by atoms with Gasteiger partial charge in [-0.3, -0.25) is 9.69 Å². The van der Waals surface area contributed by atoms with Gasteiger partial charge in [0, 0.05) is 37.3 Å². The molecule has 27 heavy (non-hydrogen) atoms. The van der Waals surface area contributed by atoms with Crippen LogP contribution in [0.1, 0.15) is 25.3 Å². The molecule has 2 heterocycles. The van der Waals surface area contributed by atoms with E-state index in [1.807, 2.05) is 43.3 Å². The summed E-state index contributed by atoms with van der Waals surface area (Å²) in [6, 6.07) is 13.9. The molecule has 1 aliphatic heterocycles. The summed E-state index contributed by atoms with van der Waals surface area (Å²) in [7, 11) is 0. The summed E-state index contributed by atoms with van der Waals surface area (Å²) in [6.45, 7) is 5.06. The van der Waals surface area contributed by atoms with Crippen LogP contribution in [-0.4, -0.2) is 48.1 Å². The fourth-order valence-electron chi connectivity index (χ4n) is 3.20. The van der Waals surface area contributed by atoms with Crippen molar-refractivity contribution in [1.82, 2.24) is 9.88 Å². The number of aromatic nitrogens is 1. The van der Waals surface area contributed by atoms with Gasteiger partial charge in [-0.15, -0.1) is 11.8 Å². The van der Waals surface area contributed by atoms with Crippen molar-refractivity contribution in [3.63, 3.8) is 0 Å². The van der Waals surface area contributed by atoms with Crippen LogP contribution in [0.4, 0.5) is 5.69 Å². The number of ether oxygens (including phenoxy) is 1. The van der Waals surface area contributed by atoms with E-state index in [0.717, 1.165) is 49.0 Å². The first-order chi connectivity index (χ1) is 13.2. The molecule has 2 aromatic rings. The minimum Gasteiger partial charge on any atom is -0.378 e. The van der Waals surface area contributed by atoms with Gasteiger partial charge in [-0.05, 0) is 49.6 Å². The third-order valence-electron chi connectivity index (χ3n) is 4.54. The molecule has 1 saturated heterocycles. The lowest BCUT2D eigenvalue weighted by molar-refractivity contribution is -0.118. The molecule has 144 valence electrons. The number of hydrogen-bond acceptors (Lipinski definition) is 5. The highest BCUT2D eigenvalue weighted by Crippen LogP contribution is 2.22. The van der Waals surface area contributed by atoms with E-state index in [4.69, 9.17) is 4.74 Å². The number of carbonyl (C=O) groups excluding carboxylic acids is 1. The average molecular weight is 386 g/mol.